The van der Waals surface area contributed by atoms with Crippen LogP contribution in [-0.2, 0) is 0 Å². The van der Waals surface area contributed by atoms with Crippen LogP contribution in [0, 0.1) is 6.92 Å². The molecule has 4 heteroatoms. The molecule has 0 bridgehead atoms. The summed E-state index contributed by atoms with van der Waals surface area (Å²) < 4.78 is 0. The summed E-state index contributed by atoms with van der Waals surface area (Å²) in [5, 5.41) is 1.02. The first-order chi connectivity index (χ1) is 9.65. The normalized spacial score (nSPS) is 15.8. The second-order valence-electron chi connectivity index (χ2n) is 5.39. The molecule has 104 valence electrons. The summed E-state index contributed by atoms with van der Waals surface area (Å²) in [6, 6.07) is 8.04. The number of aryl methyl sites for hydroxylation is 1. The van der Waals surface area contributed by atoms with Crippen LogP contribution in [-0.4, -0.2) is 9.97 Å². The van der Waals surface area contributed by atoms with Crippen LogP contribution in [0.2, 0.25) is 10.3 Å². The van der Waals surface area contributed by atoms with Gasteiger partial charge < -0.3 is 0 Å². The zero-order valence-corrected chi connectivity index (χ0v) is 12.9. The molecule has 1 heterocycles. The van der Waals surface area contributed by atoms with Crippen LogP contribution in [0.3, 0.4) is 0 Å². The van der Waals surface area contributed by atoms with Gasteiger partial charge in [-0.1, -0.05) is 59.8 Å². The van der Waals surface area contributed by atoms with Crippen LogP contribution >= 0.6 is 23.2 Å². The SMILES string of the molecule is Cc1cccc(-c2nc(Cl)c(C3CCCC3)c(Cl)n2)c1. The summed E-state index contributed by atoms with van der Waals surface area (Å²) in [5.41, 5.74) is 3.05. The standard InChI is InChI=1S/C16H16Cl2N2/c1-10-5-4-8-12(9-10)16-19-14(17)13(15(18)20-16)11-6-2-3-7-11/h4-5,8-9,11H,2-3,6-7H2,1H3. The molecule has 3 rings (SSSR count). The maximum Gasteiger partial charge on any atom is 0.162 e. The topological polar surface area (TPSA) is 25.8 Å². The molecule has 1 fully saturated rings. The summed E-state index contributed by atoms with van der Waals surface area (Å²) in [6.45, 7) is 2.04. The Balaban J connectivity index is 2.03. The van der Waals surface area contributed by atoms with Gasteiger partial charge >= 0.3 is 0 Å². The molecule has 0 amide bonds. The van der Waals surface area contributed by atoms with Gasteiger partial charge in [-0.2, -0.15) is 0 Å². The molecule has 2 nitrogen and oxygen atoms in total. The molecule has 0 N–H and O–H groups in total. The van der Waals surface area contributed by atoms with Gasteiger partial charge in [0.2, 0.25) is 0 Å². The quantitative estimate of drug-likeness (QED) is 0.693. The lowest BCUT2D eigenvalue weighted by molar-refractivity contribution is 0.715. The fraction of sp³-hybridized carbons (Fsp3) is 0.375. The van der Waals surface area contributed by atoms with Crippen LogP contribution in [0.15, 0.2) is 24.3 Å². The molecule has 1 aliphatic rings. The van der Waals surface area contributed by atoms with Crippen LogP contribution in [0.5, 0.6) is 0 Å². The highest BCUT2D eigenvalue weighted by Gasteiger charge is 2.24. The molecule has 1 saturated carbocycles. The number of aromatic nitrogens is 2. The van der Waals surface area contributed by atoms with Gasteiger partial charge in [0.25, 0.3) is 0 Å². The van der Waals surface area contributed by atoms with Crippen LogP contribution in [0.25, 0.3) is 11.4 Å². The van der Waals surface area contributed by atoms with E-state index in [-0.39, 0.29) is 0 Å². The number of hydrogen-bond donors (Lipinski definition) is 0. The Bertz CT molecular complexity index is 611. The zero-order chi connectivity index (χ0) is 14.1. The molecule has 0 spiro atoms. The van der Waals surface area contributed by atoms with Crippen molar-refractivity contribution in [2.75, 3.05) is 0 Å². The molecule has 1 aromatic heterocycles. The lowest BCUT2D eigenvalue weighted by Gasteiger charge is -2.13. The molecule has 20 heavy (non-hydrogen) atoms. The molecule has 0 atom stereocenters. The van der Waals surface area contributed by atoms with Gasteiger partial charge in [-0.25, -0.2) is 9.97 Å². The Hall–Kier alpha value is -1.12. The Kier molecular flexibility index (Phi) is 3.95. The number of nitrogens with zero attached hydrogens (tertiary/aromatic N) is 2. The minimum Gasteiger partial charge on any atom is -0.216 e. The molecular formula is C16H16Cl2N2. The third kappa shape index (κ3) is 2.68. The van der Waals surface area contributed by atoms with E-state index in [0.717, 1.165) is 24.0 Å². The predicted molar refractivity (Wildman–Crippen MR) is 83.4 cm³/mol. The molecule has 2 aromatic rings. The van der Waals surface area contributed by atoms with E-state index in [1.807, 2.05) is 31.2 Å². The first-order valence-electron chi connectivity index (χ1n) is 6.95. The van der Waals surface area contributed by atoms with Gasteiger partial charge in [0.05, 0.1) is 0 Å². The van der Waals surface area contributed by atoms with Crippen LogP contribution < -0.4 is 0 Å². The Morgan fingerprint density at radius 1 is 1.05 bits per heavy atom. The highest BCUT2D eigenvalue weighted by molar-refractivity contribution is 6.34. The van der Waals surface area contributed by atoms with Crippen LogP contribution in [0.4, 0.5) is 0 Å². The number of hydrogen-bond acceptors (Lipinski definition) is 2. The van der Waals surface area contributed by atoms with Gasteiger partial charge in [-0.05, 0) is 31.7 Å². The van der Waals surface area contributed by atoms with E-state index in [4.69, 9.17) is 23.2 Å². The van der Waals surface area contributed by atoms with Gasteiger partial charge in [0.15, 0.2) is 5.82 Å². The summed E-state index contributed by atoms with van der Waals surface area (Å²) in [4.78, 5) is 8.92. The molecule has 0 aliphatic heterocycles. The zero-order valence-electron chi connectivity index (χ0n) is 11.4. The lowest BCUT2D eigenvalue weighted by atomic mass is 10.0. The first kappa shape index (κ1) is 13.8. The van der Waals surface area contributed by atoms with Crippen molar-refractivity contribution in [3.8, 4) is 11.4 Å². The monoisotopic (exact) mass is 306 g/mol. The first-order valence-corrected chi connectivity index (χ1v) is 7.70. The number of halogens is 2. The minimum absolute atomic E-state index is 0.418. The smallest absolute Gasteiger partial charge is 0.162 e. The van der Waals surface area contributed by atoms with Crippen molar-refractivity contribution in [1.82, 2.24) is 9.97 Å². The van der Waals surface area contributed by atoms with Crippen molar-refractivity contribution in [2.45, 2.75) is 38.5 Å². The average molecular weight is 307 g/mol. The van der Waals surface area contributed by atoms with Gasteiger partial charge in [-0.15, -0.1) is 0 Å². The van der Waals surface area contributed by atoms with E-state index in [9.17, 15) is 0 Å². The van der Waals surface area contributed by atoms with Crippen molar-refractivity contribution in [3.05, 3.63) is 45.7 Å². The van der Waals surface area contributed by atoms with E-state index in [2.05, 4.69) is 9.97 Å². The van der Waals surface area contributed by atoms with E-state index in [0.29, 0.717) is 22.0 Å². The van der Waals surface area contributed by atoms with Gasteiger partial charge in [0.1, 0.15) is 10.3 Å². The predicted octanol–water partition coefficient (Wildman–Crippen LogP) is 5.42. The largest absolute Gasteiger partial charge is 0.216 e. The summed E-state index contributed by atoms with van der Waals surface area (Å²) in [5.74, 6) is 1.02. The van der Waals surface area contributed by atoms with Crippen molar-refractivity contribution < 1.29 is 0 Å². The maximum absolute atomic E-state index is 6.37. The second-order valence-corrected chi connectivity index (χ2v) is 6.11. The van der Waals surface area contributed by atoms with Crippen molar-refractivity contribution in [2.24, 2.45) is 0 Å². The molecule has 1 aliphatic carbocycles. The van der Waals surface area contributed by atoms with E-state index >= 15 is 0 Å². The molecule has 0 unspecified atom stereocenters. The maximum atomic E-state index is 6.37. The van der Waals surface area contributed by atoms with Gasteiger partial charge in [-0.3, -0.25) is 0 Å². The minimum atomic E-state index is 0.418. The lowest BCUT2D eigenvalue weighted by Crippen LogP contribution is -2.01. The number of benzene rings is 1. The highest BCUT2D eigenvalue weighted by atomic mass is 35.5. The van der Waals surface area contributed by atoms with Crippen molar-refractivity contribution >= 4 is 23.2 Å². The molecule has 0 radical (unpaired) electrons. The fourth-order valence-corrected chi connectivity index (χ4v) is 3.58. The van der Waals surface area contributed by atoms with E-state index in [1.165, 1.54) is 18.4 Å². The van der Waals surface area contributed by atoms with E-state index < -0.39 is 0 Å². The Morgan fingerprint density at radius 2 is 1.70 bits per heavy atom. The van der Waals surface area contributed by atoms with Gasteiger partial charge in [0, 0.05) is 11.1 Å². The Labute approximate surface area is 129 Å². The number of rotatable bonds is 2. The van der Waals surface area contributed by atoms with E-state index in [1.54, 1.807) is 0 Å². The summed E-state index contributed by atoms with van der Waals surface area (Å²) >= 11 is 12.7. The highest BCUT2D eigenvalue weighted by Crippen LogP contribution is 2.40. The summed E-state index contributed by atoms with van der Waals surface area (Å²) in [6.07, 6.45) is 4.73. The average Bonchev–Trinajstić information content (AvgIpc) is 2.91. The van der Waals surface area contributed by atoms with Crippen LogP contribution in [0.1, 0.15) is 42.7 Å². The fourth-order valence-electron chi connectivity index (χ4n) is 2.88. The Morgan fingerprint density at radius 3 is 2.30 bits per heavy atom. The summed E-state index contributed by atoms with van der Waals surface area (Å²) in [7, 11) is 0. The molecule has 0 saturated heterocycles. The molecule has 1 aromatic carbocycles. The molecular weight excluding hydrogens is 291 g/mol. The van der Waals surface area contributed by atoms with Crippen molar-refractivity contribution in [1.29, 1.82) is 0 Å². The third-order valence-corrected chi connectivity index (χ3v) is 4.47. The van der Waals surface area contributed by atoms with Crippen molar-refractivity contribution in [3.63, 3.8) is 0 Å². The third-order valence-electron chi connectivity index (χ3n) is 3.89. The second kappa shape index (κ2) is 5.71.